The van der Waals surface area contributed by atoms with Crippen LogP contribution in [-0.2, 0) is 14.9 Å². The zero-order chi connectivity index (χ0) is 8.32. The summed E-state index contributed by atoms with van der Waals surface area (Å²) in [4.78, 5) is 4.19. The maximum Gasteiger partial charge on any atom is 0.216 e. The monoisotopic (exact) mass is 180 g/mol. The quantitative estimate of drug-likeness (QED) is 0.558. The van der Waals surface area contributed by atoms with E-state index in [1.165, 1.54) is 4.31 Å². The van der Waals surface area contributed by atoms with Crippen LogP contribution in [0.4, 0.5) is 0 Å². The Kier molecular flexibility index (Phi) is 2.83. The first kappa shape index (κ1) is 8.92. The normalized spacial score (nSPS) is 19.7. The number of nitrogens with zero attached hydrogens (tertiary/aromatic N) is 1. The van der Waals surface area contributed by atoms with Crippen molar-refractivity contribution >= 4 is 10.0 Å². The van der Waals surface area contributed by atoms with E-state index >= 15 is 0 Å². The van der Waals surface area contributed by atoms with Gasteiger partial charge >= 0.3 is 0 Å². The third-order valence-electron chi connectivity index (χ3n) is 1.67. The summed E-state index contributed by atoms with van der Waals surface area (Å²) >= 11 is 0. The number of hydrogen-bond donors (Lipinski definition) is 1. The van der Waals surface area contributed by atoms with Crippen molar-refractivity contribution < 1.29 is 13.3 Å². The first-order valence-corrected chi connectivity index (χ1v) is 5.07. The van der Waals surface area contributed by atoms with Crippen LogP contribution in [0.1, 0.15) is 6.42 Å². The molecule has 0 saturated carbocycles. The van der Waals surface area contributed by atoms with Gasteiger partial charge in [-0.1, -0.05) is 0 Å². The molecule has 0 spiro atoms. The maximum absolute atomic E-state index is 11.2. The minimum atomic E-state index is -3.06. The zero-order valence-corrected chi connectivity index (χ0v) is 7.01. The molecule has 2 N–H and O–H groups in total. The number of sulfonamides is 1. The SMILES string of the molecule is NOCCS(=O)(=O)N1CCC1. The van der Waals surface area contributed by atoms with Crippen LogP contribution < -0.4 is 5.90 Å². The standard InChI is InChI=1S/C5H12N2O3S/c6-10-4-5-11(8,9)7-2-1-3-7/h1-6H2. The molecule has 1 aliphatic rings. The smallest absolute Gasteiger partial charge is 0.216 e. The molecule has 1 aliphatic heterocycles. The van der Waals surface area contributed by atoms with Crippen molar-refractivity contribution in [2.75, 3.05) is 25.4 Å². The van der Waals surface area contributed by atoms with E-state index in [1.807, 2.05) is 0 Å². The van der Waals surface area contributed by atoms with Gasteiger partial charge in [-0.3, -0.25) is 0 Å². The molecular weight excluding hydrogens is 168 g/mol. The van der Waals surface area contributed by atoms with Crippen LogP contribution in [0.2, 0.25) is 0 Å². The fourth-order valence-electron chi connectivity index (χ4n) is 0.848. The molecule has 0 amide bonds. The molecule has 0 aliphatic carbocycles. The van der Waals surface area contributed by atoms with Crippen LogP contribution in [0.15, 0.2) is 0 Å². The summed E-state index contributed by atoms with van der Waals surface area (Å²) in [6, 6.07) is 0. The molecule has 11 heavy (non-hydrogen) atoms. The number of hydrogen-bond acceptors (Lipinski definition) is 4. The van der Waals surface area contributed by atoms with Gasteiger partial charge in [0.05, 0.1) is 12.4 Å². The molecule has 1 heterocycles. The summed E-state index contributed by atoms with van der Waals surface area (Å²) in [7, 11) is -3.06. The van der Waals surface area contributed by atoms with Gasteiger partial charge in [0.15, 0.2) is 0 Å². The van der Waals surface area contributed by atoms with Crippen LogP contribution in [0, 0.1) is 0 Å². The Morgan fingerprint density at radius 3 is 2.45 bits per heavy atom. The topological polar surface area (TPSA) is 72.6 Å². The Balaban J connectivity index is 2.39. The van der Waals surface area contributed by atoms with Gasteiger partial charge in [-0.25, -0.2) is 18.6 Å². The summed E-state index contributed by atoms with van der Waals surface area (Å²) < 4.78 is 23.8. The predicted molar refractivity (Wildman–Crippen MR) is 40.1 cm³/mol. The molecule has 0 atom stereocenters. The highest BCUT2D eigenvalue weighted by molar-refractivity contribution is 7.89. The lowest BCUT2D eigenvalue weighted by Crippen LogP contribution is -2.44. The highest BCUT2D eigenvalue weighted by Crippen LogP contribution is 2.11. The van der Waals surface area contributed by atoms with Gasteiger partial charge in [-0.2, -0.15) is 0 Å². The highest BCUT2D eigenvalue weighted by Gasteiger charge is 2.26. The Morgan fingerprint density at radius 2 is 2.09 bits per heavy atom. The third kappa shape index (κ3) is 2.13. The van der Waals surface area contributed by atoms with Gasteiger partial charge in [0, 0.05) is 13.1 Å². The third-order valence-corrected chi connectivity index (χ3v) is 3.50. The number of rotatable bonds is 4. The van der Waals surface area contributed by atoms with Crippen LogP contribution in [0.3, 0.4) is 0 Å². The molecule has 1 saturated heterocycles. The second kappa shape index (κ2) is 3.48. The average Bonchev–Trinajstić information content (AvgIpc) is 1.78. The summed E-state index contributed by atoms with van der Waals surface area (Å²) in [6.45, 7) is 1.36. The molecule has 0 aromatic rings. The largest absolute Gasteiger partial charge is 0.304 e. The van der Waals surface area contributed by atoms with Crippen molar-refractivity contribution in [3.63, 3.8) is 0 Å². The van der Waals surface area contributed by atoms with Crippen molar-refractivity contribution in [3.05, 3.63) is 0 Å². The predicted octanol–water partition coefficient (Wildman–Crippen LogP) is -1.09. The van der Waals surface area contributed by atoms with Gasteiger partial charge in [0.1, 0.15) is 0 Å². The van der Waals surface area contributed by atoms with E-state index in [0.717, 1.165) is 6.42 Å². The molecule has 0 radical (unpaired) electrons. The lowest BCUT2D eigenvalue weighted by atomic mass is 10.3. The molecule has 5 nitrogen and oxygen atoms in total. The summed E-state index contributed by atoms with van der Waals surface area (Å²) in [5.74, 6) is 4.70. The Labute approximate surface area is 66.1 Å². The van der Waals surface area contributed by atoms with Gasteiger partial charge in [0.2, 0.25) is 10.0 Å². The van der Waals surface area contributed by atoms with Crippen molar-refractivity contribution in [2.24, 2.45) is 5.90 Å². The number of nitrogens with two attached hydrogens (primary N) is 1. The minimum Gasteiger partial charge on any atom is -0.304 e. The summed E-state index contributed by atoms with van der Waals surface area (Å²) in [6.07, 6.45) is 0.961. The van der Waals surface area contributed by atoms with Crippen LogP contribution in [-0.4, -0.2) is 38.2 Å². The lowest BCUT2D eigenvalue weighted by molar-refractivity contribution is 0.152. The Morgan fingerprint density at radius 1 is 1.45 bits per heavy atom. The molecular formula is C5H12N2O3S. The fourth-order valence-corrected chi connectivity index (χ4v) is 2.23. The molecule has 0 unspecified atom stereocenters. The van der Waals surface area contributed by atoms with Crippen LogP contribution in [0.5, 0.6) is 0 Å². The van der Waals surface area contributed by atoms with E-state index < -0.39 is 10.0 Å². The van der Waals surface area contributed by atoms with E-state index in [9.17, 15) is 8.42 Å². The first-order valence-electron chi connectivity index (χ1n) is 3.46. The van der Waals surface area contributed by atoms with E-state index in [4.69, 9.17) is 5.90 Å². The van der Waals surface area contributed by atoms with Gasteiger partial charge in [0.25, 0.3) is 0 Å². The van der Waals surface area contributed by atoms with E-state index in [-0.39, 0.29) is 12.4 Å². The Hall–Kier alpha value is -0.170. The fraction of sp³-hybridized carbons (Fsp3) is 1.00. The molecule has 6 heteroatoms. The highest BCUT2D eigenvalue weighted by atomic mass is 32.2. The molecule has 1 fully saturated rings. The molecule has 0 aromatic carbocycles. The lowest BCUT2D eigenvalue weighted by Gasteiger charge is -2.29. The van der Waals surface area contributed by atoms with Crippen LogP contribution in [0.25, 0.3) is 0 Å². The molecule has 0 aromatic heterocycles. The first-order chi connectivity index (χ1) is 5.17. The van der Waals surface area contributed by atoms with E-state index in [2.05, 4.69) is 4.84 Å². The summed E-state index contributed by atoms with van der Waals surface area (Å²) in [5.41, 5.74) is 0. The second-order valence-corrected chi connectivity index (χ2v) is 4.53. The minimum absolute atomic E-state index is 0.0104. The second-order valence-electron chi connectivity index (χ2n) is 2.44. The van der Waals surface area contributed by atoms with Crippen LogP contribution >= 0.6 is 0 Å². The maximum atomic E-state index is 11.2. The molecule has 0 bridgehead atoms. The Bertz CT molecular complexity index is 210. The van der Waals surface area contributed by atoms with Crippen molar-refractivity contribution in [2.45, 2.75) is 6.42 Å². The van der Waals surface area contributed by atoms with E-state index in [0.29, 0.717) is 13.1 Å². The molecule has 66 valence electrons. The van der Waals surface area contributed by atoms with Crippen molar-refractivity contribution in [1.82, 2.24) is 4.31 Å². The van der Waals surface area contributed by atoms with Crippen molar-refractivity contribution in [1.29, 1.82) is 0 Å². The summed E-state index contributed by atoms with van der Waals surface area (Å²) in [5, 5.41) is 0. The van der Waals surface area contributed by atoms with E-state index in [1.54, 1.807) is 0 Å². The van der Waals surface area contributed by atoms with Crippen molar-refractivity contribution in [3.8, 4) is 0 Å². The zero-order valence-electron chi connectivity index (χ0n) is 6.19. The van der Waals surface area contributed by atoms with Gasteiger partial charge in [-0.05, 0) is 6.42 Å². The average molecular weight is 180 g/mol. The van der Waals surface area contributed by atoms with Gasteiger partial charge in [-0.15, -0.1) is 0 Å². The van der Waals surface area contributed by atoms with Gasteiger partial charge < -0.3 is 4.84 Å². The molecule has 1 rings (SSSR count).